The maximum absolute atomic E-state index is 11.4. The summed E-state index contributed by atoms with van der Waals surface area (Å²) in [5.74, 6) is -1.29. The second kappa shape index (κ2) is 17.2. The Morgan fingerprint density at radius 3 is 1.84 bits per heavy atom. The Labute approximate surface area is 387 Å². The van der Waals surface area contributed by atoms with E-state index >= 15 is 0 Å². The number of fused-ring (bicyclic) bond motifs is 3. The number of carboxylic acids is 1. The highest BCUT2D eigenvalue weighted by Crippen LogP contribution is 2.51. The number of aryl methyl sites for hydroxylation is 2. The van der Waals surface area contributed by atoms with E-state index in [0.29, 0.717) is 0 Å². The zero-order valence-corrected chi connectivity index (χ0v) is 38.3. The molecule has 0 bridgehead atoms. The first kappa shape index (κ1) is 42.2. The number of allylic oxidation sites excluding steroid dienone is 1. The fraction of sp³-hybridized carbons (Fsp3) is 0.0943. The lowest BCUT2D eigenvalue weighted by atomic mass is 9.82. The van der Waals surface area contributed by atoms with Crippen LogP contribution >= 0.6 is 45.3 Å². The van der Waals surface area contributed by atoms with Crippen molar-refractivity contribution in [1.29, 1.82) is 10.5 Å². The zero-order chi connectivity index (χ0) is 44.7. The van der Waals surface area contributed by atoms with Crippen LogP contribution in [-0.4, -0.2) is 17.5 Å². The molecule has 8 aromatic rings. The van der Waals surface area contributed by atoms with Gasteiger partial charge >= 0.3 is 5.97 Å². The number of carbonyl (C=O) groups is 2. The third kappa shape index (κ3) is 8.03. The highest BCUT2D eigenvalue weighted by molar-refractivity contribution is 7.27. The minimum absolute atomic E-state index is 0.0558. The van der Waals surface area contributed by atoms with E-state index in [0.717, 1.165) is 57.5 Å². The third-order valence-electron chi connectivity index (χ3n) is 11.3. The zero-order valence-electron chi connectivity index (χ0n) is 35.0. The predicted octanol–water partition coefficient (Wildman–Crippen LogP) is 15.0. The molecule has 4 aromatic carbocycles. The predicted molar refractivity (Wildman–Crippen MR) is 263 cm³/mol. The van der Waals surface area contributed by atoms with Crippen LogP contribution < -0.4 is 4.90 Å². The maximum Gasteiger partial charge on any atom is 0.346 e. The molecule has 1 N–H and O–H groups in total. The molecule has 1 aliphatic rings. The number of carbonyl (C=O) groups excluding carboxylic acids is 1. The number of hydrogen-bond donors (Lipinski definition) is 1. The maximum atomic E-state index is 11.4. The number of aliphatic carboxylic acids is 1. The molecule has 312 valence electrons. The molecule has 0 saturated carbocycles. The van der Waals surface area contributed by atoms with Gasteiger partial charge in [-0.15, -0.1) is 45.3 Å². The summed E-state index contributed by atoms with van der Waals surface area (Å²) in [6.07, 6.45) is 2.98. The Morgan fingerprint density at radius 1 is 0.625 bits per heavy atom. The minimum Gasteiger partial charge on any atom is -0.477 e. The molecular formula is C53H37N3O4S4. The molecule has 0 radical (unpaired) electrons. The van der Waals surface area contributed by atoms with Crippen molar-refractivity contribution < 1.29 is 19.4 Å². The molecule has 0 fully saturated rings. The molecule has 0 aliphatic heterocycles. The van der Waals surface area contributed by atoms with Crippen LogP contribution in [0.4, 0.5) is 17.1 Å². The summed E-state index contributed by atoms with van der Waals surface area (Å²) < 4.78 is 4.79. The summed E-state index contributed by atoms with van der Waals surface area (Å²) in [5.41, 5.74) is 12.4. The van der Waals surface area contributed by atoms with Gasteiger partial charge in [-0.2, -0.15) is 10.5 Å². The van der Waals surface area contributed by atoms with Gasteiger partial charge in [0.15, 0.2) is 0 Å². The summed E-state index contributed by atoms with van der Waals surface area (Å²) >= 11 is 6.44. The summed E-state index contributed by atoms with van der Waals surface area (Å²) in [6, 6.07) is 48.8. The average Bonchev–Trinajstić information content (AvgIpc) is 4.15. The summed E-state index contributed by atoms with van der Waals surface area (Å²) in [5, 5.41) is 27.8. The number of anilines is 3. The topological polar surface area (TPSA) is 114 Å². The molecular weight excluding hydrogens is 871 g/mol. The van der Waals surface area contributed by atoms with Gasteiger partial charge < -0.3 is 14.7 Å². The molecule has 0 spiro atoms. The van der Waals surface area contributed by atoms with Crippen LogP contribution in [-0.2, 0) is 19.7 Å². The summed E-state index contributed by atoms with van der Waals surface area (Å²) in [4.78, 5) is 32.7. The van der Waals surface area contributed by atoms with Crippen LogP contribution in [0.2, 0.25) is 0 Å². The van der Waals surface area contributed by atoms with Crippen molar-refractivity contribution in [3.8, 4) is 63.7 Å². The number of nitrogens with zero attached hydrogens (tertiary/aromatic N) is 3. The standard InChI is InChI=1S/C53H37N3O4S4/c1-31-5-17-42-43-18-14-38(26-45(43)53(3,4)44(42)23-31)56(36-10-6-33(7-11-36)46-19-15-41(61-46)27-39(29-55)60-30-57)37-12-8-34(9-13-37)51-32(2)24-50(64-51)49-22-21-48(63-49)47-20-16-40(62-47)25-35(28-54)52(58)59/h5-27,30H,1-4H3,(H,58,59)/b35-25+,39-27+. The smallest absolute Gasteiger partial charge is 0.346 e. The Morgan fingerprint density at radius 2 is 1.19 bits per heavy atom. The van der Waals surface area contributed by atoms with E-state index in [-0.39, 0.29) is 23.2 Å². The second-order valence-electron chi connectivity index (χ2n) is 15.8. The van der Waals surface area contributed by atoms with Gasteiger partial charge in [-0.1, -0.05) is 67.9 Å². The molecule has 64 heavy (non-hydrogen) atoms. The van der Waals surface area contributed by atoms with E-state index in [1.807, 2.05) is 30.3 Å². The molecule has 0 saturated heterocycles. The molecule has 1 aliphatic carbocycles. The molecule has 0 amide bonds. The SMILES string of the molecule is Cc1ccc2c(c1)C(C)(C)c1cc(N(c3ccc(-c4ccc(/C=C(\C#N)OC=O)s4)cc3)c3ccc(-c4sc(-c5ccc(-c6ccc(/C=C(\C#N)C(=O)O)s6)s5)cc4C)cc3)ccc1-2. The van der Waals surface area contributed by atoms with E-state index in [4.69, 9.17) is 4.74 Å². The lowest BCUT2D eigenvalue weighted by Crippen LogP contribution is -2.16. The Kier molecular flexibility index (Phi) is 11.3. The van der Waals surface area contributed by atoms with Crippen LogP contribution in [0.25, 0.3) is 63.7 Å². The van der Waals surface area contributed by atoms with Crippen molar-refractivity contribution in [3.63, 3.8) is 0 Å². The van der Waals surface area contributed by atoms with E-state index in [1.54, 1.807) is 34.8 Å². The Balaban J connectivity index is 1.04. The van der Waals surface area contributed by atoms with Crippen LogP contribution in [0.3, 0.4) is 0 Å². The molecule has 0 atom stereocenters. The first-order valence-electron chi connectivity index (χ1n) is 20.2. The van der Waals surface area contributed by atoms with Gasteiger partial charge in [0.1, 0.15) is 17.7 Å². The number of hydrogen-bond acceptors (Lipinski definition) is 10. The molecule has 0 unspecified atom stereocenters. The highest BCUT2D eigenvalue weighted by Gasteiger charge is 2.36. The number of ether oxygens (including phenoxy) is 1. The van der Waals surface area contributed by atoms with Crippen molar-refractivity contribution in [2.24, 2.45) is 0 Å². The largest absolute Gasteiger partial charge is 0.477 e. The van der Waals surface area contributed by atoms with Crippen molar-refractivity contribution in [2.75, 3.05) is 4.90 Å². The van der Waals surface area contributed by atoms with Gasteiger partial charge in [-0.3, -0.25) is 4.79 Å². The van der Waals surface area contributed by atoms with Gasteiger partial charge in [-0.05, 0) is 138 Å². The summed E-state index contributed by atoms with van der Waals surface area (Å²) in [7, 11) is 0. The molecule has 7 nitrogen and oxygen atoms in total. The van der Waals surface area contributed by atoms with E-state index < -0.39 is 5.97 Å². The quantitative estimate of drug-likeness (QED) is 0.0562. The molecule has 4 heterocycles. The van der Waals surface area contributed by atoms with Crippen molar-refractivity contribution >= 4 is 87.0 Å². The van der Waals surface area contributed by atoms with E-state index in [9.17, 15) is 25.2 Å². The fourth-order valence-electron chi connectivity index (χ4n) is 8.16. The van der Waals surface area contributed by atoms with Gasteiger partial charge in [0.05, 0.1) is 0 Å². The van der Waals surface area contributed by atoms with Gasteiger partial charge in [-0.25, -0.2) is 4.79 Å². The van der Waals surface area contributed by atoms with Crippen LogP contribution in [0.5, 0.6) is 0 Å². The number of carboxylic acid groups (broad SMARTS) is 1. The minimum atomic E-state index is -1.23. The number of thiophene rings is 4. The Bertz CT molecular complexity index is 3270. The van der Waals surface area contributed by atoms with Gasteiger partial charge in [0, 0.05) is 67.6 Å². The van der Waals surface area contributed by atoms with Crippen molar-refractivity contribution in [1.82, 2.24) is 0 Å². The monoisotopic (exact) mass is 907 g/mol. The first-order chi connectivity index (χ1) is 30.9. The van der Waals surface area contributed by atoms with Crippen LogP contribution in [0, 0.1) is 36.5 Å². The lowest BCUT2D eigenvalue weighted by Gasteiger charge is -2.28. The first-order valence-corrected chi connectivity index (χ1v) is 23.5. The lowest BCUT2D eigenvalue weighted by molar-refractivity contribution is -0.132. The van der Waals surface area contributed by atoms with Crippen molar-refractivity contribution in [2.45, 2.75) is 33.1 Å². The van der Waals surface area contributed by atoms with Crippen LogP contribution in [0.1, 0.15) is 45.9 Å². The molecule has 11 heteroatoms. The Hall–Kier alpha value is -7.12. The van der Waals surface area contributed by atoms with E-state index in [1.165, 1.54) is 71.9 Å². The van der Waals surface area contributed by atoms with Gasteiger partial charge in [0.25, 0.3) is 6.47 Å². The second-order valence-corrected chi connectivity index (χ2v) is 20.2. The third-order valence-corrected chi connectivity index (χ3v) is 16.2. The van der Waals surface area contributed by atoms with Crippen LogP contribution in [0.15, 0.2) is 139 Å². The number of rotatable bonds is 12. The molecule has 9 rings (SSSR count). The average molecular weight is 908 g/mol. The highest BCUT2D eigenvalue weighted by atomic mass is 32.1. The summed E-state index contributed by atoms with van der Waals surface area (Å²) in [6.45, 7) is 9.18. The molecule has 4 aromatic heterocycles. The number of benzene rings is 4. The van der Waals surface area contributed by atoms with E-state index in [2.05, 4.69) is 136 Å². The fourth-order valence-corrected chi connectivity index (χ4v) is 12.4. The van der Waals surface area contributed by atoms with Crippen molar-refractivity contribution in [3.05, 3.63) is 171 Å². The normalized spacial score (nSPS) is 12.8. The number of nitriles is 2. The van der Waals surface area contributed by atoms with Gasteiger partial charge in [0.2, 0.25) is 5.76 Å².